The second kappa shape index (κ2) is 5.17. The van der Waals surface area contributed by atoms with Gasteiger partial charge in [0.25, 0.3) is 0 Å². The summed E-state index contributed by atoms with van der Waals surface area (Å²) in [5.74, 6) is 1.62. The summed E-state index contributed by atoms with van der Waals surface area (Å²) >= 11 is 0. The van der Waals surface area contributed by atoms with Crippen molar-refractivity contribution in [3.8, 4) is 0 Å². The van der Waals surface area contributed by atoms with Crippen LogP contribution in [-0.4, -0.2) is 36.5 Å². The molecule has 1 aliphatic carbocycles. The van der Waals surface area contributed by atoms with Crippen LogP contribution < -0.4 is 5.32 Å². The number of hydrogen-bond donors (Lipinski definition) is 1. The summed E-state index contributed by atoms with van der Waals surface area (Å²) in [7, 11) is 0. The van der Waals surface area contributed by atoms with Crippen molar-refractivity contribution in [2.75, 3.05) is 19.6 Å². The molecule has 0 aromatic heterocycles. The molecule has 1 aliphatic heterocycles. The van der Waals surface area contributed by atoms with E-state index in [4.69, 9.17) is 0 Å². The van der Waals surface area contributed by atoms with E-state index in [0.29, 0.717) is 11.8 Å². The lowest BCUT2D eigenvalue weighted by Crippen LogP contribution is -2.52. The lowest BCUT2D eigenvalue weighted by Gasteiger charge is -2.33. The number of amides is 1. The topological polar surface area (TPSA) is 32.3 Å². The predicted molar refractivity (Wildman–Crippen MR) is 65.2 cm³/mol. The molecule has 0 aromatic carbocycles. The number of carbonyl (C=O) groups excluding carboxylic acids is 1. The molecule has 0 bridgehead atoms. The van der Waals surface area contributed by atoms with Gasteiger partial charge in [0.05, 0.1) is 6.04 Å². The van der Waals surface area contributed by atoms with Crippen LogP contribution in [0.5, 0.6) is 0 Å². The van der Waals surface area contributed by atoms with Gasteiger partial charge in [0.15, 0.2) is 0 Å². The molecule has 1 amide bonds. The highest BCUT2D eigenvalue weighted by Crippen LogP contribution is 2.30. The fraction of sp³-hybridized carbons (Fsp3) is 0.923. The average Bonchev–Trinajstić information content (AvgIpc) is 3.09. The SMILES string of the molecule is CCN(CC1CC1)C(=O)C1NCCCC1C. The molecule has 2 atom stereocenters. The number of rotatable bonds is 4. The molecule has 0 radical (unpaired) electrons. The zero-order valence-corrected chi connectivity index (χ0v) is 10.5. The molecule has 3 heteroatoms. The number of nitrogens with zero attached hydrogens (tertiary/aromatic N) is 1. The maximum absolute atomic E-state index is 12.4. The Balaban J connectivity index is 1.91. The monoisotopic (exact) mass is 224 g/mol. The summed E-state index contributed by atoms with van der Waals surface area (Å²) in [6.07, 6.45) is 5.03. The van der Waals surface area contributed by atoms with E-state index in [-0.39, 0.29) is 6.04 Å². The van der Waals surface area contributed by atoms with Gasteiger partial charge in [0, 0.05) is 13.1 Å². The van der Waals surface area contributed by atoms with Crippen molar-refractivity contribution in [1.82, 2.24) is 10.2 Å². The van der Waals surface area contributed by atoms with Gasteiger partial charge in [0.1, 0.15) is 0 Å². The number of hydrogen-bond acceptors (Lipinski definition) is 2. The smallest absolute Gasteiger partial charge is 0.239 e. The van der Waals surface area contributed by atoms with Crippen LogP contribution >= 0.6 is 0 Å². The van der Waals surface area contributed by atoms with Crippen molar-refractivity contribution in [2.24, 2.45) is 11.8 Å². The normalized spacial score (nSPS) is 30.1. The van der Waals surface area contributed by atoms with Crippen molar-refractivity contribution >= 4 is 5.91 Å². The molecule has 16 heavy (non-hydrogen) atoms. The van der Waals surface area contributed by atoms with E-state index in [0.717, 1.165) is 25.6 Å². The first-order chi connectivity index (χ1) is 7.72. The fourth-order valence-electron chi connectivity index (χ4n) is 2.56. The Morgan fingerprint density at radius 3 is 2.69 bits per heavy atom. The molecule has 1 heterocycles. The van der Waals surface area contributed by atoms with E-state index >= 15 is 0 Å². The van der Waals surface area contributed by atoms with Gasteiger partial charge in [-0.05, 0) is 51.0 Å². The van der Waals surface area contributed by atoms with Crippen molar-refractivity contribution in [1.29, 1.82) is 0 Å². The largest absolute Gasteiger partial charge is 0.341 e. The van der Waals surface area contributed by atoms with Gasteiger partial charge in [-0.15, -0.1) is 0 Å². The minimum atomic E-state index is 0.0763. The van der Waals surface area contributed by atoms with Crippen LogP contribution in [0.1, 0.15) is 39.5 Å². The third-order valence-electron chi connectivity index (χ3n) is 3.90. The molecule has 1 N–H and O–H groups in total. The zero-order valence-electron chi connectivity index (χ0n) is 10.5. The van der Waals surface area contributed by atoms with E-state index in [2.05, 4.69) is 24.1 Å². The molecule has 2 aliphatic rings. The van der Waals surface area contributed by atoms with E-state index < -0.39 is 0 Å². The van der Waals surface area contributed by atoms with E-state index in [1.165, 1.54) is 25.7 Å². The molecular formula is C13H24N2O. The van der Waals surface area contributed by atoms with Crippen LogP contribution in [0.4, 0.5) is 0 Å². The molecule has 92 valence electrons. The number of piperidine rings is 1. The second-order valence-electron chi connectivity index (χ2n) is 5.37. The van der Waals surface area contributed by atoms with Gasteiger partial charge in [0.2, 0.25) is 5.91 Å². The van der Waals surface area contributed by atoms with Crippen molar-refractivity contribution in [3.63, 3.8) is 0 Å². The van der Waals surface area contributed by atoms with Gasteiger partial charge in [-0.2, -0.15) is 0 Å². The molecule has 2 unspecified atom stereocenters. The molecule has 1 saturated carbocycles. The summed E-state index contributed by atoms with van der Waals surface area (Å²) in [6, 6.07) is 0.0763. The maximum atomic E-state index is 12.4. The van der Waals surface area contributed by atoms with Crippen LogP contribution in [0.15, 0.2) is 0 Å². The molecule has 2 fully saturated rings. The standard InChI is InChI=1S/C13H24N2O/c1-3-15(9-11-6-7-11)13(16)12-10(2)5-4-8-14-12/h10-12,14H,3-9H2,1-2H3. The summed E-state index contributed by atoms with van der Waals surface area (Å²) in [4.78, 5) is 14.4. The average molecular weight is 224 g/mol. The third kappa shape index (κ3) is 2.76. The highest BCUT2D eigenvalue weighted by Gasteiger charge is 2.33. The molecule has 0 spiro atoms. The Hall–Kier alpha value is -0.570. The zero-order chi connectivity index (χ0) is 11.5. The van der Waals surface area contributed by atoms with E-state index in [9.17, 15) is 4.79 Å². The Morgan fingerprint density at radius 2 is 2.12 bits per heavy atom. The second-order valence-corrected chi connectivity index (χ2v) is 5.37. The highest BCUT2D eigenvalue weighted by atomic mass is 16.2. The van der Waals surface area contributed by atoms with E-state index in [1.807, 2.05) is 0 Å². The van der Waals surface area contributed by atoms with Crippen LogP contribution in [0.3, 0.4) is 0 Å². The van der Waals surface area contributed by atoms with Gasteiger partial charge in [-0.1, -0.05) is 6.92 Å². The van der Waals surface area contributed by atoms with Crippen molar-refractivity contribution < 1.29 is 4.79 Å². The van der Waals surface area contributed by atoms with Gasteiger partial charge in [-0.25, -0.2) is 0 Å². The Kier molecular flexibility index (Phi) is 3.85. The Labute approximate surface area is 98.6 Å². The molecular weight excluding hydrogens is 200 g/mol. The molecule has 1 saturated heterocycles. The maximum Gasteiger partial charge on any atom is 0.239 e. The Bertz CT molecular complexity index is 250. The highest BCUT2D eigenvalue weighted by molar-refractivity contribution is 5.82. The van der Waals surface area contributed by atoms with Gasteiger partial charge in [-0.3, -0.25) is 4.79 Å². The van der Waals surface area contributed by atoms with Crippen molar-refractivity contribution in [3.05, 3.63) is 0 Å². The lowest BCUT2D eigenvalue weighted by atomic mass is 9.91. The summed E-state index contributed by atoms with van der Waals surface area (Å²) in [6.45, 7) is 7.13. The van der Waals surface area contributed by atoms with Crippen LogP contribution in [-0.2, 0) is 4.79 Å². The molecule has 3 nitrogen and oxygen atoms in total. The summed E-state index contributed by atoms with van der Waals surface area (Å²) in [5, 5.41) is 3.39. The fourth-order valence-corrected chi connectivity index (χ4v) is 2.56. The first-order valence-corrected chi connectivity index (χ1v) is 6.74. The van der Waals surface area contributed by atoms with Crippen LogP contribution in [0.2, 0.25) is 0 Å². The minimum Gasteiger partial charge on any atom is -0.341 e. The number of nitrogens with one attached hydrogen (secondary N) is 1. The third-order valence-corrected chi connectivity index (χ3v) is 3.90. The van der Waals surface area contributed by atoms with Gasteiger partial charge < -0.3 is 10.2 Å². The summed E-state index contributed by atoms with van der Waals surface area (Å²) < 4.78 is 0. The first kappa shape index (κ1) is 11.9. The molecule has 2 rings (SSSR count). The predicted octanol–water partition coefficient (Wildman–Crippen LogP) is 1.63. The Morgan fingerprint density at radius 1 is 1.38 bits per heavy atom. The number of likely N-dealkylation sites (N-methyl/N-ethyl adjacent to an activating group) is 1. The van der Waals surface area contributed by atoms with Crippen LogP contribution in [0, 0.1) is 11.8 Å². The lowest BCUT2D eigenvalue weighted by molar-refractivity contribution is -0.135. The van der Waals surface area contributed by atoms with Gasteiger partial charge >= 0.3 is 0 Å². The minimum absolute atomic E-state index is 0.0763. The quantitative estimate of drug-likeness (QED) is 0.787. The van der Waals surface area contributed by atoms with Crippen LogP contribution in [0.25, 0.3) is 0 Å². The number of carbonyl (C=O) groups is 1. The first-order valence-electron chi connectivity index (χ1n) is 6.74. The van der Waals surface area contributed by atoms with E-state index in [1.54, 1.807) is 0 Å². The summed E-state index contributed by atoms with van der Waals surface area (Å²) in [5.41, 5.74) is 0. The molecule has 0 aromatic rings. The van der Waals surface area contributed by atoms with Crippen molar-refractivity contribution in [2.45, 2.75) is 45.6 Å².